The maximum Gasteiger partial charge on any atom is 0.0998 e. The maximum atomic E-state index is 8.92. The van der Waals surface area contributed by atoms with Crippen molar-refractivity contribution in [1.29, 1.82) is 5.26 Å². The molecule has 0 spiro atoms. The molecule has 0 amide bonds. The van der Waals surface area contributed by atoms with E-state index >= 15 is 0 Å². The average molecular weight is 241 g/mol. The lowest BCUT2D eigenvalue weighted by Crippen LogP contribution is -1.86. The predicted molar refractivity (Wildman–Crippen MR) is 69.9 cm³/mol. The van der Waals surface area contributed by atoms with Gasteiger partial charge in [-0.1, -0.05) is 29.8 Å². The monoisotopic (exact) mass is 240 g/mol. The molecule has 0 saturated carbocycles. The molecule has 0 aromatic heterocycles. The van der Waals surface area contributed by atoms with Crippen LogP contribution in [0.2, 0.25) is 5.02 Å². The molecule has 0 N–H and O–H groups in total. The molecule has 0 atom stereocenters. The molecule has 0 saturated heterocycles. The fraction of sp³-hybridized carbons (Fsp3) is 0. The Hall–Kier alpha value is -2.11. The second kappa shape index (κ2) is 5.29. The van der Waals surface area contributed by atoms with Crippen LogP contribution >= 0.6 is 11.6 Å². The number of halogens is 1. The highest BCUT2D eigenvalue weighted by Gasteiger charge is 1.96. The molecule has 0 bridgehead atoms. The summed E-state index contributed by atoms with van der Waals surface area (Å²) in [5.74, 6) is 0. The average Bonchev–Trinajstić information content (AvgIpc) is 2.38. The van der Waals surface area contributed by atoms with Crippen molar-refractivity contribution >= 4 is 23.5 Å². The van der Waals surface area contributed by atoms with Gasteiger partial charge in [0.05, 0.1) is 17.3 Å². The summed E-state index contributed by atoms with van der Waals surface area (Å²) in [6.07, 6.45) is 1.68. The van der Waals surface area contributed by atoms with E-state index in [2.05, 4.69) is 11.1 Å². The summed E-state index contributed by atoms with van der Waals surface area (Å²) < 4.78 is 0. The van der Waals surface area contributed by atoms with Crippen LogP contribution < -0.4 is 0 Å². The molecule has 2 nitrogen and oxygen atoms in total. The molecule has 0 unspecified atom stereocenters. The van der Waals surface area contributed by atoms with E-state index in [1.165, 1.54) is 0 Å². The van der Waals surface area contributed by atoms with Crippen LogP contribution in [0.1, 0.15) is 11.1 Å². The largest absolute Gasteiger partial charge is 0.256 e. The summed E-state index contributed by atoms with van der Waals surface area (Å²) in [5.41, 5.74) is 2.23. The summed E-state index contributed by atoms with van der Waals surface area (Å²) in [6, 6.07) is 16.7. The minimum Gasteiger partial charge on any atom is -0.256 e. The Morgan fingerprint density at radius 1 is 1.06 bits per heavy atom. The van der Waals surface area contributed by atoms with Crippen molar-refractivity contribution in [3.8, 4) is 6.07 Å². The molecule has 0 radical (unpaired) electrons. The first-order valence-electron chi connectivity index (χ1n) is 5.08. The number of nitrogens with zero attached hydrogens (tertiary/aromatic N) is 2. The van der Waals surface area contributed by atoms with Crippen LogP contribution in [0.3, 0.4) is 0 Å². The number of hydrogen-bond donors (Lipinski definition) is 0. The Balaban J connectivity index is 2.26. The predicted octanol–water partition coefficient (Wildman–Crippen LogP) is 3.96. The molecule has 82 valence electrons. The van der Waals surface area contributed by atoms with Crippen LogP contribution in [-0.2, 0) is 0 Å². The normalized spacial score (nSPS) is 10.4. The van der Waals surface area contributed by atoms with Crippen molar-refractivity contribution in [3.63, 3.8) is 0 Å². The number of aliphatic imine (C=N–C) groups is 1. The van der Waals surface area contributed by atoms with Gasteiger partial charge in [-0.25, -0.2) is 0 Å². The van der Waals surface area contributed by atoms with Crippen LogP contribution in [-0.4, -0.2) is 6.21 Å². The van der Waals surface area contributed by atoms with E-state index in [4.69, 9.17) is 16.9 Å². The van der Waals surface area contributed by atoms with Crippen molar-refractivity contribution in [2.75, 3.05) is 0 Å². The zero-order valence-electron chi connectivity index (χ0n) is 8.97. The van der Waals surface area contributed by atoms with Gasteiger partial charge in [-0.3, -0.25) is 4.99 Å². The number of rotatable bonds is 2. The molecule has 2 aromatic carbocycles. The Kier molecular flexibility index (Phi) is 3.54. The molecule has 2 aromatic rings. The standard InChI is InChI=1S/C14H9ClN2/c15-13-5-7-14(8-6-13)17-10-12-4-2-1-3-11(12)9-16/h1-8,10H. The quantitative estimate of drug-likeness (QED) is 0.732. The third-order valence-corrected chi connectivity index (χ3v) is 2.51. The summed E-state index contributed by atoms with van der Waals surface area (Å²) in [7, 11) is 0. The first-order chi connectivity index (χ1) is 8.29. The molecular formula is C14H9ClN2. The van der Waals surface area contributed by atoms with E-state index in [1.807, 2.05) is 30.3 Å². The number of nitriles is 1. The van der Waals surface area contributed by atoms with Crippen molar-refractivity contribution in [2.24, 2.45) is 4.99 Å². The third kappa shape index (κ3) is 2.93. The highest BCUT2D eigenvalue weighted by Crippen LogP contribution is 2.16. The topological polar surface area (TPSA) is 36.1 Å². The molecule has 0 aliphatic heterocycles. The van der Waals surface area contributed by atoms with Gasteiger partial charge in [0.25, 0.3) is 0 Å². The van der Waals surface area contributed by atoms with Crippen molar-refractivity contribution in [2.45, 2.75) is 0 Å². The van der Waals surface area contributed by atoms with E-state index in [1.54, 1.807) is 24.4 Å². The van der Waals surface area contributed by atoms with Gasteiger partial charge in [0.2, 0.25) is 0 Å². The van der Waals surface area contributed by atoms with Gasteiger partial charge >= 0.3 is 0 Å². The molecule has 3 heteroatoms. The van der Waals surface area contributed by atoms with Crippen LogP contribution in [0.4, 0.5) is 5.69 Å². The fourth-order valence-electron chi connectivity index (χ4n) is 1.38. The Bertz CT molecular complexity index is 580. The minimum absolute atomic E-state index is 0.616. The second-order valence-corrected chi connectivity index (χ2v) is 3.87. The first kappa shape index (κ1) is 11.4. The van der Waals surface area contributed by atoms with Gasteiger partial charge < -0.3 is 0 Å². The Labute approximate surface area is 105 Å². The molecule has 17 heavy (non-hydrogen) atoms. The SMILES string of the molecule is N#Cc1ccccc1C=Nc1ccc(Cl)cc1. The smallest absolute Gasteiger partial charge is 0.0998 e. The highest BCUT2D eigenvalue weighted by atomic mass is 35.5. The van der Waals surface area contributed by atoms with Crippen LogP contribution in [0.25, 0.3) is 0 Å². The van der Waals surface area contributed by atoms with E-state index in [-0.39, 0.29) is 0 Å². The molecule has 2 rings (SSSR count). The lowest BCUT2D eigenvalue weighted by Gasteiger charge is -1.96. The molecule has 0 aliphatic rings. The summed E-state index contributed by atoms with van der Waals surface area (Å²) in [5, 5.41) is 9.60. The van der Waals surface area contributed by atoms with Gasteiger partial charge in [-0.2, -0.15) is 5.26 Å². The van der Waals surface area contributed by atoms with Crippen molar-refractivity contribution < 1.29 is 0 Å². The van der Waals surface area contributed by atoms with Crippen molar-refractivity contribution in [3.05, 3.63) is 64.7 Å². The summed E-state index contributed by atoms with van der Waals surface area (Å²) in [6.45, 7) is 0. The molecule has 0 fully saturated rings. The lowest BCUT2D eigenvalue weighted by molar-refractivity contribution is 1.46. The van der Waals surface area contributed by atoms with Crippen LogP contribution in [0, 0.1) is 11.3 Å². The molecule has 0 heterocycles. The van der Waals surface area contributed by atoms with Crippen molar-refractivity contribution in [1.82, 2.24) is 0 Å². The van der Waals surface area contributed by atoms with E-state index in [9.17, 15) is 0 Å². The van der Waals surface area contributed by atoms with Gasteiger partial charge in [-0.15, -0.1) is 0 Å². The number of hydrogen-bond acceptors (Lipinski definition) is 2. The highest BCUT2D eigenvalue weighted by molar-refractivity contribution is 6.30. The lowest BCUT2D eigenvalue weighted by atomic mass is 10.1. The fourth-order valence-corrected chi connectivity index (χ4v) is 1.51. The summed E-state index contributed by atoms with van der Waals surface area (Å²) >= 11 is 5.78. The van der Waals surface area contributed by atoms with E-state index < -0.39 is 0 Å². The second-order valence-electron chi connectivity index (χ2n) is 3.43. The zero-order valence-corrected chi connectivity index (χ0v) is 9.72. The Morgan fingerprint density at radius 2 is 1.76 bits per heavy atom. The van der Waals surface area contributed by atoms with Gasteiger partial charge in [0, 0.05) is 16.8 Å². The summed E-state index contributed by atoms with van der Waals surface area (Å²) in [4.78, 5) is 4.29. The van der Waals surface area contributed by atoms with Gasteiger partial charge in [0.1, 0.15) is 0 Å². The molecular weight excluding hydrogens is 232 g/mol. The third-order valence-electron chi connectivity index (χ3n) is 2.26. The molecule has 0 aliphatic carbocycles. The van der Waals surface area contributed by atoms with Crippen LogP contribution in [0.5, 0.6) is 0 Å². The zero-order chi connectivity index (χ0) is 12.1. The van der Waals surface area contributed by atoms with Gasteiger partial charge in [0.15, 0.2) is 0 Å². The van der Waals surface area contributed by atoms with E-state index in [0.29, 0.717) is 10.6 Å². The van der Waals surface area contributed by atoms with Gasteiger partial charge in [-0.05, 0) is 30.3 Å². The maximum absolute atomic E-state index is 8.92. The first-order valence-corrected chi connectivity index (χ1v) is 5.46. The van der Waals surface area contributed by atoms with E-state index in [0.717, 1.165) is 11.3 Å². The number of benzene rings is 2. The van der Waals surface area contributed by atoms with Crippen LogP contribution in [0.15, 0.2) is 53.5 Å². The minimum atomic E-state index is 0.616. The Morgan fingerprint density at radius 3 is 2.47 bits per heavy atom.